The Morgan fingerprint density at radius 2 is 2.10 bits per heavy atom. The number of rotatable bonds is 5. The van der Waals surface area contributed by atoms with E-state index in [1.165, 1.54) is 6.07 Å². The molecule has 0 bridgehead atoms. The van der Waals surface area contributed by atoms with Gasteiger partial charge in [0, 0.05) is 17.1 Å². The SMILES string of the molecule is Cc1ccc(S(=O)Cc2ccn(C(C)C)n2)cc1C(=O)O. The number of hydrogen-bond acceptors (Lipinski definition) is 3. The first-order valence-electron chi connectivity index (χ1n) is 6.65. The van der Waals surface area contributed by atoms with E-state index in [0.29, 0.717) is 10.5 Å². The van der Waals surface area contributed by atoms with Crippen molar-refractivity contribution in [3.05, 3.63) is 47.3 Å². The van der Waals surface area contributed by atoms with Crippen LogP contribution in [0.15, 0.2) is 35.4 Å². The van der Waals surface area contributed by atoms with Crippen molar-refractivity contribution in [2.75, 3.05) is 0 Å². The van der Waals surface area contributed by atoms with Crippen molar-refractivity contribution in [1.29, 1.82) is 0 Å². The highest BCUT2D eigenvalue weighted by Gasteiger charge is 2.13. The van der Waals surface area contributed by atoms with Crippen LogP contribution in [0.25, 0.3) is 0 Å². The highest BCUT2D eigenvalue weighted by atomic mass is 32.2. The van der Waals surface area contributed by atoms with Crippen LogP contribution in [-0.4, -0.2) is 25.1 Å². The summed E-state index contributed by atoms with van der Waals surface area (Å²) in [5.74, 6) is -0.725. The average molecular weight is 306 g/mol. The maximum absolute atomic E-state index is 12.3. The Balaban J connectivity index is 2.20. The molecule has 0 amide bonds. The van der Waals surface area contributed by atoms with Gasteiger partial charge in [-0.1, -0.05) is 6.07 Å². The third kappa shape index (κ3) is 3.58. The molecule has 0 aliphatic rings. The maximum atomic E-state index is 12.3. The lowest BCUT2D eigenvalue weighted by Crippen LogP contribution is -2.05. The summed E-state index contributed by atoms with van der Waals surface area (Å²) in [6.07, 6.45) is 1.86. The van der Waals surface area contributed by atoms with Gasteiger partial charge in [0.2, 0.25) is 0 Å². The van der Waals surface area contributed by atoms with E-state index in [2.05, 4.69) is 5.10 Å². The Bertz CT molecular complexity index is 692. The Hall–Kier alpha value is -1.95. The molecule has 21 heavy (non-hydrogen) atoms. The van der Waals surface area contributed by atoms with Gasteiger partial charge in [0.05, 0.1) is 27.8 Å². The highest BCUT2D eigenvalue weighted by molar-refractivity contribution is 7.84. The van der Waals surface area contributed by atoms with Gasteiger partial charge in [-0.25, -0.2) is 4.79 Å². The molecule has 0 saturated heterocycles. The minimum atomic E-state index is -1.31. The molecule has 1 unspecified atom stereocenters. The minimum Gasteiger partial charge on any atom is -0.478 e. The second-order valence-corrected chi connectivity index (χ2v) is 6.60. The predicted molar refractivity (Wildman–Crippen MR) is 80.9 cm³/mol. The van der Waals surface area contributed by atoms with Gasteiger partial charge in [-0.05, 0) is 44.5 Å². The summed E-state index contributed by atoms with van der Waals surface area (Å²) in [5, 5.41) is 13.5. The Morgan fingerprint density at radius 3 is 2.67 bits per heavy atom. The van der Waals surface area contributed by atoms with Crippen molar-refractivity contribution in [2.24, 2.45) is 0 Å². The summed E-state index contributed by atoms with van der Waals surface area (Å²) < 4.78 is 14.2. The molecule has 1 aromatic heterocycles. The first-order chi connectivity index (χ1) is 9.88. The monoisotopic (exact) mass is 306 g/mol. The normalized spacial score (nSPS) is 12.6. The van der Waals surface area contributed by atoms with Gasteiger partial charge in [0.15, 0.2) is 0 Å². The number of carboxylic acid groups (broad SMARTS) is 1. The van der Waals surface area contributed by atoms with Crippen molar-refractivity contribution in [3.8, 4) is 0 Å². The van der Waals surface area contributed by atoms with Crippen LogP contribution < -0.4 is 0 Å². The fourth-order valence-electron chi connectivity index (χ4n) is 1.93. The Morgan fingerprint density at radius 1 is 1.38 bits per heavy atom. The maximum Gasteiger partial charge on any atom is 0.335 e. The van der Waals surface area contributed by atoms with Crippen molar-refractivity contribution >= 4 is 16.8 Å². The van der Waals surface area contributed by atoms with Crippen LogP contribution in [0, 0.1) is 6.92 Å². The smallest absolute Gasteiger partial charge is 0.335 e. The van der Waals surface area contributed by atoms with Crippen LogP contribution in [0.3, 0.4) is 0 Å². The van der Waals surface area contributed by atoms with Gasteiger partial charge in [-0.2, -0.15) is 5.10 Å². The van der Waals surface area contributed by atoms with Crippen molar-refractivity contribution in [2.45, 2.75) is 37.5 Å². The lowest BCUT2D eigenvalue weighted by molar-refractivity contribution is 0.0696. The molecular formula is C15H18N2O3S. The molecule has 2 rings (SSSR count). The van der Waals surface area contributed by atoms with Crippen LogP contribution in [0.4, 0.5) is 0 Å². The van der Waals surface area contributed by atoms with Crippen molar-refractivity contribution < 1.29 is 14.1 Å². The third-order valence-corrected chi connectivity index (χ3v) is 4.51. The van der Waals surface area contributed by atoms with Crippen molar-refractivity contribution in [3.63, 3.8) is 0 Å². The van der Waals surface area contributed by atoms with Gasteiger partial charge >= 0.3 is 5.97 Å². The number of aryl methyl sites for hydroxylation is 1. The number of hydrogen-bond donors (Lipinski definition) is 1. The van der Waals surface area contributed by atoms with E-state index in [1.807, 2.05) is 30.8 Å². The number of aromatic carboxylic acids is 1. The topological polar surface area (TPSA) is 72.2 Å². The molecule has 0 radical (unpaired) electrons. The first-order valence-corrected chi connectivity index (χ1v) is 7.96. The molecule has 5 nitrogen and oxygen atoms in total. The van der Waals surface area contributed by atoms with E-state index in [-0.39, 0.29) is 17.4 Å². The molecule has 6 heteroatoms. The molecule has 0 spiro atoms. The predicted octanol–water partition coefficient (Wildman–Crippen LogP) is 2.78. The zero-order valence-electron chi connectivity index (χ0n) is 12.2. The second kappa shape index (κ2) is 6.22. The molecule has 1 aromatic carbocycles. The molecule has 0 aliphatic carbocycles. The van der Waals surface area contributed by atoms with Gasteiger partial charge in [0.1, 0.15) is 0 Å². The van der Waals surface area contributed by atoms with E-state index in [9.17, 15) is 9.00 Å². The first kappa shape index (κ1) is 15.4. The quantitative estimate of drug-likeness (QED) is 0.922. The van der Waals surface area contributed by atoms with Crippen LogP contribution in [0.1, 0.15) is 41.5 Å². The van der Waals surface area contributed by atoms with Crippen LogP contribution in [0.5, 0.6) is 0 Å². The molecule has 2 aromatic rings. The molecule has 1 heterocycles. The highest BCUT2D eigenvalue weighted by Crippen LogP contribution is 2.17. The van der Waals surface area contributed by atoms with E-state index in [1.54, 1.807) is 19.1 Å². The summed E-state index contributed by atoms with van der Waals surface area (Å²) in [4.78, 5) is 11.6. The summed E-state index contributed by atoms with van der Waals surface area (Å²) in [6.45, 7) is 5.76. The second-order valence-electron chi connectivity index (χ2n) is 5.15. The third-order valence-electron chi connectivity index (χ3n) is 3.17. The van der Waals surface area contributed by atoms with E-state index < -0.39 is 16.8 Å². The number of carbonyl (C=O) groups is 1. The standard InChI is InChI=1S/C15H18N2O3S/c1-10(2)17-7-6-12(16-17)9-21(20)13-5-4-11(3)14(8-13)15(18)19/h4-8,10H,9H2,1-3H3,(H,18,19). The number of carboxylic acids is 1. The van der Waals surface area contributed by atoms with Gasteiger partial charge in [-0.3, -0.25) is 8.89 Å². The minimum absolute atomic E-state index is 0.188. The fraction of sp³-hybridized carbons (Fsp3) is 0.333. The van der Waals surface area contributed by atoms with Gasteiger partial charge in [-0.15, -0.1) is 0 Å². The molecular weight excluding hydrogens is 288 g/mol. The molecule has 1 N–H and O–H groups in total. The molecule has 0 fully saturated rings. The van der Waals surface area contributed by atoms with Crippen LogP contribution in [-0.2, 0) is 16.6 Å². The van der Waals surface area contributed by atoms with Crippen LogP contribution >= 0.6 is 0 Å². The van der Waals surface area contributed by atoms with Gasteiger partial charge < -0.3 is 5.11 Å². The molecule has 0 aliphatic heterocycles. The average Bonchev–Trinajstić information content (AvgIpc) is 2.87. The zero-order valence-corrected chi connectivity index (χ0v) is 13.1. The molecule has 1 atom stereocenters. The fourth-order valence-corrected chi connectivity index (χ4v) is 2.99. The lowest BCUT2D eigenvalue weighted by atomic mass is 10.1. The van der Waals surface area contributed by atoms with E-state index in [0.717, 1.165) is 5.69 Å². The summed E-state index contributed by atoms with van der Waals surface area (Å²) in [6, 6.07) is 6.96. The van der Waals surface area contributed by atoms with E-state index in [4.69, 9.17) is 5.11 Å². The Kier molecular flexibility index (Phi) is 4.57. The van der Waals surface area contributed by atoms with Crippen molar-refractivity contribution in [1.82, 2.24) is 9.78 Å². The lowest BCUT2D eigenvalue weighted by Gasteiger charge is -2.06. The van der Waals surface area contributed by atoms with Gasteiger partial charge in [0.25, 0.3) is 0 Å². The number of benzene rings is 1. The molecule has 0 saturated carbocycles. The summed E-state index contributed by atoms with van der Waals surface area (Å²) >= 11 is 0. The zero-order chi connectivity index (χ0) is 15.6. The van der Waals surface area contributed by atoms with E-state index >= 15 is 0 Å². The largest absolute Gasteiger partial charge is 0.478 e. The molecule has 112 valence electrons. The Labute approximate surface area is 126 Å². The number of nitrogens with zero attached hydrogens (tertiary/aromatic N) is 2. The summed E-state index contributed by atoms with van der Waals surface area (Å²) in [5.41, 5.74) is 1.58. The number of aromatic nitrogens is 2. The van der Waals surface area contributed by atoms with Crippen LogP contribution in [0.2, 0.25) is 0 Å². The summed E-state index contributed by atoms with van der Waals surface area (Å²) in [7, 11) is -1.31.